The lowest BCUT2D eigenvalue weighted by atomic mass is 10.1. The molecule has 1 heterocycles. The van der Waals surface area contributed by atoms with Crippen LogP contribution >= 0.6 is 11.3 Å². The van der Waals surface area contributed by atoms with Gasteiger partial charge in [0.2, 0.25) is 0 Å². The second-order valence-corrected chi connectivity index (χ2v) is 5.33. The van der Waals surface area contributed by atoms with Crippen molar-refractivity contribution in [3.63, 3.8) is 0 Å². The van der Waals surface area contributed by atoms with E-state index < -0.39 is 5.97 Å². The minimum absolute atomic E-state index is 0.0985. The molecule has 2 aromatic rings. The van der Waals surface area contributed by atoms with E-state index in [1.807, 2.05) is 41.9 Å². The standard InChI is InChI=1S/C16H15NO3S/c1-11(17-16(20)14-8-9-21-10-14)13-5-2-12(3-6-13)4-7-15(18)19/h2-11H,1H3,(H,17,20)(H,18,19). The summed E-state index contributed by atoms with van der Waals surface area (Å²) in [7, 11) is 0. The van der Waals surface area contributed by atoms with Crippen LogP contribution in [0.4, 0.5) is 0 Å². The number of aliphatic carboxylic acids is 1. The molecule has 0 bridgehead atoms. The second kappa shape index (κ2) is 6.85. The highest BCUT2D eigenvalue weighted by atomic mass is 32.1. The molecule has 0 aliphatic heterocycles. The predicted molar refractivity (Wildman–Crippen MR) is 83.3 cm³/mol. The molecule has 4 nitrogen and oxygen atoms in total. The Kier molecular flexibility index (Phi) is 4.90. The summed E-state index contributed by atoms with van der Waals surface area (Å²) < 4.78 is 0. The zero-order valence-electron chi connectivity index (χ0n) is 11.4. The number of carbonyl (C=O) groups is 2. The number of carbonyl (C=O) groups excluding carboxylic acids is 1. The van der Waals surface area contributed by atoms with Crippen LogP contribution in [-0.4, -0.2) is 17.0 Å². The molecule has 2 rings (SSSR count). The van der Waals surface area contributed by atoms with Crippen LogP contribution in [0.25, 0.3) is 6.08 Å². The quantitative estimate of drug-likeness (QED) is 0.832. The Hall–Kier alpha value is -2.40. The molecule has 0 saturated heterocycles. The first kappa shape index (κ1) is 15.0. The van der Waals surface area contributed by atoms with Gasteiger partial charge in [-0.05, 0) is 35.6 Å². The molecule has 1 atom stereocenters. The molecule has 0 radical (unpaired) electrons. The second-order valence-electron chi connectivity index (χ2n) is 4.55. The smallest absolute Gasteiger partial charge is 0.328 e. The molecule has 0 saturated carbocycles. The zero-order chi connectivity index (χ0) is 15.2. The highest BCUT2D eigenvalue weighted by Gasteiger charge is 2.11. The summed E-state index contributed by atoms with van der Waals surface area (Å²) >= 11 is 1.48. The molecule has 21 heavy (non-hydrogen) atoms. The van der Waals surface area contributed by atoms with E-state index in [1.165, 1.54) is 17.4 Å². The van der Waals surface area contributed by atoms with Crippen molar-refractivity contribution in [3.8, 4) is 0 Å². The van der Waals surface area contributed by atoms with Gasteiger partial charge in [-0.25, -0.2) is 4.79 Å². The van der Waals surface area contributed by atoms with Gasteiger partial charge in [0.15, 0.2) is 0 Å². The van der Waals surface area contributed by atoms with Gasteiger partial charge < -0.3 is 10.4 Å². The number of thiophene rings is 1. The average molecular weight is 301 g/mol. The summed E-state index contributed by atoms with van der Waals surface area (Å²) in [5.74, 6) is -1.07. The first-order chi connectivity index (χ1) is 10.1. The molecule has 5 heteroatoms. The SMILES string of the molecule is CC(NC(=O)c1ccsc1)c1ccc(C=CC(=O)O)cc1. The Morgan fingerprint density at radius 2 is 1.95 bits per heavy atom. The largest absolute Gasteiger partial charge is 0.478 e. The third-order valence-corrected chi connectivity index (χ3v) is 3.67. The molecule has 1 amide bonds. The highest BCUT2D eigenvalue weighted by molar-refractivity contribution is 7.08. The van der Waals surface area contributed by atoms with Gasteiger partial charge in [-0.1, -0.05) is 24.3 Å². The first-order valence-electron chi connectivity index (χ1n) is 6.40. The zero-order valence-corrected chi connectivity index (χ0v) is 12.3. The molecule has 0 aliphatic carbocycles. The Morgan fingerprint density at radius 3 is 2.52 bits per heavy atom. The molecule has 1 aromatic heterocycles. The summed E-state index contributed by atoms with van der Waals surface area (Å²) in [5, 5.41) is 15.2. The first-order valence-corrected chi connectivity index (χ1v) is 7.34. The number of rotatable bonds is 5. The summed E-state index contributed by atoms with van der Waals surface area (Å²) in [6.07, 6.45) is 2.62. The predicted octanol–water partition coefficient (Wildman–Crippen LogP) is 3.34. The molecule has 0 spiro atoms. The van der Waals surface area contributed by atoms with Crippen molar-refractivity contribution in [2.24, 2.45) is 0 Å². The molecule has 0 fully saturated rings. The highest BCUT2D eigenvalue weighted by Crippen LogP contribution is 2.15. The van der Waals surface area contributed by atoms with Crippen molar-refractivity contribution in [2.75, 3.05) is 0 Å². The maximum absolute atomic E-state index is 12.0. The fourth-order valence-electron chi connectivity index (χ4n) is 1.82. The van der Waals surface area contributed by atoms with E-state index in [-0.39, 0.29) is 11.9 Å². The number of carboxylic acids is 1. The average Bonchev–Trinajstić information content (AvgIpc) is 3.00. The Balaban J connectivity index is 2.01. The van der Waals surface area contributed by atoms with E-state index >= 15 is 0 Å². The molecule has 108 valence electrons. The number of benzene rings is 1. The molecule has 1 unspecified atom stereocenters. The van der Waals surface area contributed by atoms with Gasteiger partial charge in [0.05, 0.1) is 11.6 Å². The lowest BCUT2D eigenvalue weighted by Gasteiger charge is -2.14. The van der Waals surface area contributed by atoms with Gasteiger partial charge in [-0.3, -0.25) is 4.79 Å². The van der Waals surface area contributed by atoms with Crippen LogP contribution < -0.4 is 5.32 Å². The molecular formula is C16H15NO3S. The van der Waals surface area contributed by atoms with E-state index in [2.05, 4.69) is 5.32 Å². The van der Waals surface area contributed by atoms with Crippen LogP contribution in [0.5, 0.6) is 0 Å². The fourth-order valence-corrected chi connectivity index (χ4v) is 2.46. The Labute approximate surface area is 126 Å². The van der Waals surface area contributed by atoms with Crippen molar-refractivity contribution >= 4 is 29.3 Å². The minimum Gasteiger partial charge on any atom is -0.478 e. The van der Waals surface area contributed by atoms with E-state index in [0.29, 0.717) is 5.56 Å². The Bertz CT molecular complexity index is 645. The van der Waals surface area contributed by atoms with E-state index in [0.717, 1.165) is 17.2 Å². The maximum Gasteiger partial charge on any atom is 0.328 e. The normalized spacial score (nSPS) is 12.2. The molecular weight excluding hydrogens is 286 g/mol. The van der Waals surface area contributed by atoms with Crippen LogP contribution in [0.3, 0.4) is 0 Å². The van der Waals surface area contributed by atoms with Crippen molar-refractivity contribution in [3.05, 3.63) is 63.9 Å². The van der Waals surface area contributed by atoms with Crippen LogP contribution in [-0.2, 0) is 4.79 Å². The third-order valence-electron chi connectivity index (χ3n) is 2.99. The van der Waals surface area contributed by atoms with Crippen molar-refractivity contribution < 1.29 is 14.7 Å². The number of hydrogen-bond acceptors (Lipinski definition) is 3. The molecule has 0 aliphatic rings. The summed E-state index contributed by atoms with van der Waals surface area (Å²) in [4.78, 5) is 22.4. The van der Waals surface area contributed by atoms with Gasteiger partial charge >= 0.3 is 5.97 Å². The lowest BCUT2D eigenvalue weighted by Crippen LogP contribution is -2.26. The van der Waals surface area contributed by atoms with Crippen molar-refractivity contribution in [2.45, 2.75) is 13.0 Å². The topological polar surface area (TPSA) is 66.4 Å². The monoisotopic (exact) mass is 301 g/mol. The van der Waals surface area contributed by atoms with Crippen molar-refractivity contribution in [1.29, 1.82) is 0 Å². The van der Waals surface area contributed by atoms with Crippen molar-refractivity contribution in [1.82, 2.24) is 5.32 Å². The maximum atomic E-state index is 12.0. The summed E-state index contributed by atoms with van der Waals surface area (Å²) in [6, 6.07) is 9.06. The molecule has 1 aromatic carbocycles. The van der Waals surface area contributed by atoms with Gasteiger partial charge in [0.1, 0.15) is 0 Å². The van der Waals surface area contributed by atoms with E-state index in [9.17, 15) is 9.59 Å². The van der Waals surface area contributed by atoms with Crippen LogP contribution in [0.15, 0.2) is 47.2 Å². The third kappa shape index (κ3) is 4.29. The van der Waals surface area contributed by atoms with Crippen LogP contribution in [0.2, 0.25) is 0 Å². The molecule has 2 N–H and O–H groups in total. The number of nitrogens with one attached hydrogen (secondary N) is 1. The fraction of sp³-hybridized carbons (Fsp3) is 0.125. The minimum atomic E-state index is -0.976. The lowest BCUT2D eigenvalue weighted by molar-refractivity contribution is -0.131. The van der Waals surface area contributed by atoms with E-state index in [4.69, 9.17) is 5.11 Å². The Morgan fingerprint density at radius 1 is 1.24 bits per heavy atom. The summed E-state index contributed by atoms with van der Waals surface area (Å²) in [5.41, 5.74) is 2.43. The number of hydrogen-bond donors (Lipinski definition) is 2. The van der Waals surface area contributed by atoms with Gasteiger partial charge in [0, 0.05) is 11.5 Å². The summed E-state index contributed by atoms with van der Waals surface area (Å²) in [6.45, 7) is 1.91. The number of amides is 1. The van der Waals surface area contributed by atoms with Gasteiger partial charge in [-0.2, -0.15) is 11.3 Å². The number of carboxylic acid groups (broad SMARTS) is 1. The van der Waals surface area contributed by atoms with Crippen LogP contribution in [0.1, 0.15) is 34.5 Å². The van der Waals surface area contributed by atoms with E-state index in [1.54, 1.807) is 6.07 Å². The van der Waals surface area contributed by atoms with Gasteiger partial charge in [-0.15, -0.1) is 0 Å². The van der Waals surface area contributed by atoms with Crippen LogP contribution in [0, 0.1) is 0 Å². The van der Waals surface area contributed by atoms with Gasteiger partial charge in [0.25, 0.3) is 5.91 Å².